The van der Waals surface area contributed by atoms with Gasteiger partial charge in [-0.05, 0) is 44.0 Å². The van der Waals surface area contributed by atoms with Crippen LogP contribution in [-0.4, -0.2) is 25.3 Å². The molecule has 0 bridgehead atoms. The summed E-state index contributed by atoms with van der Waals surface area (Å²) in [5, 5.41) is 3.35. The molecule has 2 aliphatic rings. The van der Waals surface area contributed by atoms with E-state index in [0.717, 1.165) is 13.0 Å². The predicted octanol–water partition coefficient (Wildman–Crippen LogP) is 3.23. The van der Waals surface area contributed by atoms with Crippen molar-refractivity contribution in [3.8, 4) is 0 Å². The summed E-state index contributed by atoms with van der Waals surface area (Å²) < 4.78 is 19.3. The first-order chi connectivity index (χ1) is 9.22. The van der Waals surface area contributed by atoms with Crippen molar-refractivity contribution in [1.82, 2.24) is 5.32 Å². The minimum Gasteiger partial charge on any atom is -0.373 e. The molecule has 1 aliphatic carbocycles. The highest BCUT2D eigenvalue weighted by Gasteiger charge is 2.43. The molecule has 1 heterocycles. The fourth-order valence-corrected chi connectivity index (χ4v) is 3.70. The number of hydrogen-bond acceptors (Lipinski definition) is 2. The number of nitrogens with one attached hydrogen (secondary N) is 1. The Morgan fingerprint density at radius 1 is 1.21 bits per heavy atom. The van der Waals surface area contributed by atoms with Gasteiger partial charge < -0.3 is 10.1 Å². The van der Waals surface area contributed by atoms with Gasteiger partial charge in [-0.3, -0.25) is 0 Å². The number of hydrogen-bond donors (Lipinski definition) is 1. The van der Waals surface area contributed by atoms with Crippen molar-refractivity contribution in [1.29, 1.82) is 0 Å². The molecule has 3 heteroatoms. The highest BCUT2D eigenvalue weighted by atomic mass is 19.1. The van der Waals surface area contributed by atoms with E-state index in [1.54, 1.807) is 12.1 Å². The maximum Gasteiger partial charge on any atom is 0.123 e. The van der Waals surface area contributed by atoms with Gasteiger partial charge in [0.2, 0.25) is 0 Å². The minimum absolute atomic E-state index is 0.0897. The van der Waals surface area contributed by atoms with Gasteiger partial charge in [0.15, 0.2) is 0 Å². The van der Waals surface area contributed by atoms with Crippen LogP contribution >= 0.6 is 0 Å². The van der Waals surface area contributed by atoms with Gasteiger partial charge in [-0.1, -0.05) is 25.0 Å². The van der Waals surface area contributed by atoms with Crippen LogP contribution in [0.15, 0.2) is 24.3 Å². The third-order valence-corrected chi connectivity index (χ3v) is 4.83. The van der Waals surface area contributed by atoms with Crippen LogP contribution in [0.3, 0.4) is 0 Å². The Bertz CT molecular complexity index is 425. The number of rotatable bonds is 2. The van der Waals surface area contributed by atoms with E-state index in [-0.39, 0.29) is 11.4 Å². The van der Waals surface area contributed by atoms with E-state index in [2.05, 4.69) is 5.32 Å². The molecule has 3 rings (SSSR count). The molecule has 1 saturated heterocycles. The summed E-state index contributed by atoms with van der Waals surface area (Å²) in [6, 6.07) is 7.32. The molecular formula is C16H22FNO. The molecule has 1 aliphatic heterocycles. The topological polar surface area (TPSA) is 21.3 Å². The Balaban J connectivity index is 1.84. The quantitative estimate of drug-likeness (QED) is 0.884. The van der Waals surface area contributed by atoms with Crippen LogP contribution in [0.1, 0.15) is 43.6 Å². The molecule has 1 aromatic carbocycles. The van der Waals surface area contributed by atoms with Gasteiger partial charge in [0, 0.05) is 12.0 Å². The van der Waals surface area contributed by atoms with Crippen molar-refractivity contribution in [3.63, 3.8) is 0 Å². The Morgan fingerprint density at radius 3 is 2.53 bits per heavy atom. The fraction of sp³-hybridized carbons (Fsp3) is 0.625. The van der Waals surface area contributed by atoms with Crippen LogP contribution in [0.5, 0.6) is 0 Å². The zero-order chi connectivity index (χ0) is 13.3. The van der Waals surface area contributed by atoms with Gasteiger partial charge in [0.05, 0.1) is 12.2 Å². The summed E-state index contributed by atoms with van der Waals surface area (Å²) in [4.78, 5) is 0. The van der Waals surface area contributed by atoms with E-state index in [9.17, 15) is 4.39 Å². The molecule has 1 spiro atoms. The summed E-state index contributed by atoms with van der Waals surface area (Å²) in [7, 11) is 1.98. The van der Waals surface area contributed by atoms with Crippen LogP contribution in [-0.2, 0) is 4.74 Å². The first-order valence-corrected chi connectivity index (χ1v) is 7.29. The lowest BCUT2D eigenvalue weighted by Crippen LogP contribution is -2.48. The van der Waals surface area contributed by atoms with Crippen molar-refractivity contribution < 1.29 is 9.13 Å². The second kappa shape index (κ2) is 5.22. The number of halogens is 1. The molecule has 0 amide bonds. The monoisotopic (exact) mass is 263 g/mol. The SMILES string of the molecule is CNC1COC2(CCCC2)CC1c1ccc(F)cc1. The van der Waals surface area contributed by atoms with Crippen LogP contribution in [0.4, 0.5) is 4.39 Å². The van der Waals surface area contributed by atoms with Gasteiger partial charge in [0.1, 0.15) is 5.82 Å². The lowest BCUT2D eigenvalue weighted by Gasteiger charge is -2.43. The third-order valence-electron chi connectivity index (χ3n) is 4.83. The summed E-state index contributed by atoms with van der Waals surface area (Å²) in [6.07, 6.45) is 5.98. The predicted molar refractivity (Wildman–Crippen MR) is 73.8 cm³/mol. The number of ether oxygens (including phenoxy) is 1. The van der Waals surface area contributed by atoms with Crippen molar-refractivity contribution in [2.45, 2.75) is 49.7 Å². The van der Waals surface area contributed by atoms with Crippen LogP contribution in [0, 0.1) is 5.82 Å². The van der Waals surface area contributed by atoms with E-state index < -0.39 is 0 Å². The second-order valence-corrected chi connectivity index (χ2v) is 5.96. The molecule has 1 N–H and O–H groups in total. The van der Waals surface area contributed by atoms with Crippen molar-refractivity contribution in [2.24, 2.45) is 0 Å². The van der Waals surface area contributed by atoms with Gasteiger partial charge in [0.25, 0.3) is 0 Å². The van der Waals surface area contributed by atoms with Crippen molar-refractivity contribution in [3.05, 3.63) is 35.6 Å². The third kappa shape index (κ3) is 2.54. The first-order valence-electron chi connectivity index (χ1n) is 7.29. The maximum absolute atomic E-state index is 13.1. The first kappa shape index (κ1) is 13.1. The average molecular weight is 263 g/mol. The van der Waals surface area contributed by atoms with Crippen molar-refractivity contribution in [2.75, 3.05) is 13.7 Å². The Hall–Kier alpha value is -0.930. The Morgan fingerprint density at radius 2 is 1.89 bits per heavy atom. The molecule has 2 fully saturated rings. The minimum atomic E-state index is -0.160. The highest BCUT2D eigenvalue weighted by Crippen LogP contribution is 2.45. The van der Waals surface area contributed by atoms with E-state index in [4.69, 9.17) is 4.74 Å². The molecule has 104 valence electrons. The highest BCUT2D eigenvalue weighted by molar-refractivity contribution is 5.24. The molecule has 1 aromatic rings. The normalized spacial score (nSPS) is 29.8. The second-order valence-electron chi connectivity index (χ2n) is 5.96. The van der Waals surface area contributed by atoms with Gasteiger partial charge in [-0.2, -0.15) is 0 Å². The number of likely N-dealkylation sites (N-methyl/N-ethyl adjacent to an activating group) is 1. The van der Waals surface area contributed by atoms with Crippen molar-refractivity contribution >= 4 is 0 Å². The zero-order valence-electron chi connectivity index (χ0n) is 11.5. The van der Waals surface area contributed by atoms with E-state index in [1.807, 2.05) is 19.2 Å². The Kier molecular flexibility index (Phi) is 3.59. The molecule has 2 nitrogen and oxygen atoms in total. The molecule has 0 aromatic heterocycles. The molecule has 2 unspecified atom stereocenters. The van der Waals surface area contributed by atoms with E-state index >= 15 is 0 Å². The lowest BCUT2D eigenvalue weighted by atomic mass is 9.78. The number of benzene rings is 1. The van der Waals surface area contributed by atoms with Crippen LogP contribution in [0.25, 0.3) is 0 Å². The molecule has 19 heavy (non-hydrogen) atoms. The Labute approximate surface area is 114 Å². The molecule has 1 saturated carbocycles. The smallest absolute Gasteiger partial charge is 0.123 e. The zero-order valence-corrected chi connectivity index (χ0v) is 11.5. The fourth-order valence-electron chi connectivity index (χ4n) is 3.70. The lowest BCUT2D eigenvalue weighted by molar-refractivity contribution is -0.0930. The van der Waals surface area contributed by atoms with Gasteiger partial charge in [-0.25, -0.2) is 4.39 Å². The van der Waals surface area contributed by atoms with E-state index in [0.29, 0.717) is 12.0 Å². The molecule has 2 atom stereocenters. The molecular weight excluding hydrogens is 241 g/mol. The summed E-state index contributed by atoms with van der Waals surface area (Å²) >= 11 is 0. The largest absolute Gasteiger partial charge is 0.373 e. The summed E-state index contributed by atoms with van der Waals surface area (Å²) in [5.74, 6) is 0.268. The summed E-state index contributed by atoms with van der Waals surface area (Å²) in [5.41, 5.74) is 1.32. The van der Waals surface area contributed by atoms with Gasteiger partial charge in [-0.15, -0.1) is 0 Å². The maximum atomic E-state index is 13.1. The standard InChI is InChI=1S/C16H22FNO/c1-18-15-11-19-16(8-2-3-9-16)10-14(15)12-4-6-13(17)7-5-12/h4-7,14-15,18H,2-3,8-11H2,1H3. The van der Waals surface area contributed by atoms with Gasteiger partial charge >= 0.3 is 0 Å². The van der Waals surface area contributed by atoms with Crippen LogP contribution in [0.2, 0.25) is 0 Å². The van der Waals surface area contributed by atoms with Crippen LogP contribution < -0.4 is 5.32 Å². The average Bonchev–Trinajstić information content (AvgIpc) is 2.88. The summed E-state index contributed by atoms with van der Waals surface area (Å²) in [6.45, 7) is 0.762. The van der Waals surface area contributed by atoms with E-state index in [1.165, 1.54) is 31.2 Å². The molecule has 0 radical (unpaired) electrons.